The van der Waals surface area contributed by atoms with Crippen LogP contribution in [0.4, 0.5) is 17.3 Å². The highest BCUT2D eigenvalue weighted by molar-refractivity contribution is 6.14. The molecule has 0 bridgehead atoms. The number of carbonyl (C=O) groups excluding carboxylic acids is 1. The van der Waals surface area contributed by atoms with Gasteiger partial charge in [0.2, 0.25) is 0 Å². The van der Waals surface area contributed by atoms with Crippen LogP contribution >= 0.6 is 0 Å². The van der Waals surface area contributed by atoms with Crippen LogP contribution in [0.2, 0.25) is 0 Å². The molecular weight excluding hydrogens is 414 g/mol. The SMILES string of the molecule is CC/C(=C/c1cccc(C)c1C=O)N(C)c1ccccc1.N#CC(=N)c1c(N)ncnc1N. The number of nitriles is 1. The number of nitrogens with two attached hydrogens (primary N) is 2. The largest absolute Gasteiger partial charge is 0.383 e. The molecule has 0 fully saturated rings. The molecule has 33 heavy (non-hydrogen) atoms. The van der Waals surface area contributed by atoms with Crippen molar-refractivity contribution in [3.63, 3.8) is 0 Å². The van der Waals surface area contributed by atoms with Gasteiger partial charge in [0.15, 0.2) is 6.29 Å². The zero-order valence-corrected chi connectivity index (χ0v) is 18.9. The predicted octanol–water partition coefficient (Wildman–Crippen LogP) is 4.23. The quantitative estimate of drug-likeness (QED) is 0.383. The Balaban J connectivity index is 0.000000273. The Morgan fingerprint density at radius 1 is 1.12 bits per heavy atom. The molecule has 0 saturated heterocycles. The summed E-state index contributed by atoms with van der Waals surface area (Å²) in [5.41, 5.74) is 15.6. The third-order valence-corrected chi connectivity index (χ3v) is 5.00. The van der Waals surface area contributed by atoms with Gasteiger partial charge in [0.25, 0.3) is 0 Å². The van der Waals surface area contributed by atoms with Crippen LogP contribution in [0.25, 0.3) is 6.08 Å². The molecule has 8 heteroatoms. The first-order valence-electron chi connectivity index (χ1n) is 10.2. The van der Waals surface area contributed by atoms with E-state index in [2.05, 4.69) is 47.0 Å². The van der Waals surface area contributed by atoms with E-state index in [1.807, 2.05) is 43.3 Å². The number of anilines is 3. The molecule has 1 aromatic heterocycles. The topological polar surface area (TPSA) is 146 Å². The van der Waals surface area contributed by atoms with Crippen molar-refractivity contribution in [1.82, 2.24) is 9.97 Å². The Bertz CT molecular complexity index is 1180. The number of benzene rings is 2. The van der Waals surface area contributed by atoms with E-state index in [0.29, 0.717) is 0 Å². The maximum atomic E-state index is 11.3. The second-order valence-corrected chi connectivity index (χ2v) is 7.09. The van der Waals surface area contributed by atoms with Gasteiger partial charge in [-0.15, -0.1) is 0 Å². The van der Waals surface area contributed by atoms with Crippen LogP contribution in [-0.2, 0) is 0 Å². The van der Waals surface area contributed by atoms with Gasteiger partial charge < -0.3 is 16.4 Å². The lowest BCUT2D eigenvalue weighted by Gasteiger charge is -2.22. The summed E-state index contributed by atoms with van der Waals surface area (Å²) in [7, 11) is 2.06. The fourth-order valence-corrected chi connectivity index (χ4v) is 3.15. The number of allylic oxidation sites excluding steroid dienone is 1. The number of hydrogen-bond acceptors (Lipinski definition) is 8. The molecule has 0 unspecified atom stereocenters. The van der Waals surface area contributed by atoms with Crippen molar-refractivity contribution in [1.29, 1.82) is 10.7 Å². The number of aryl methyl sites for hydroxylation is 1. The van der Waals surface area contributed by atoms with E-state index < -0.39 is 0 Å². The minimum absolute atomic E-state index is 0.0500. The molecule has 3 aromatic rings. The number of nitrogens with zero attached hydrogens (tertiary/aromatic N) is 4. The standard InChI is InChI=1S/C19H21NO.C6H6N6/c1-4-17(20(3)18-11-6-5-7-12-18)13-16-10-8-9-15(2)19(16)14-21;7-1-3(8)4-5(9)11-2-12-6(4)10/h5-14H,4H2,1-3H3;2,8H,(H4,9,10,11,12)/b17-13-;. The monoisotopic (exact) mass is 441 g/mol. The summed E-state index contributed by atoms with van der Waals surface area (Å²) in [5, 5.41) is 15.6. The first-order chi connectivity index (χ1) is 15.8. The highest BCUT2D eigenvalue weighted by Crippen LogP contribution is 2.23. The van der Waals surface area contributed by atoms with Crippen LogP contribution in [0.1, 0.15) is 40.4 Å². The molecule has 0 radical (unpaired) electrons. The van der Waals surface area contributed by atoms with E-state index in [1.54, 1.807) is 6.07 Å². The summed E-state index contributed by atoms with van der Waals surface area (Å²) in [6.45, 7) is 4.09. The molecule has 0 aliphatic rings. The van der Waals surface area contributed by atoms with Crippen molar-refractivity contribution < 1.29 is 4.79 Å². The lowest BCUT2D eigenvalue weighted by molar-refractivity contribution is 0.112. The van der Waals surface area contributed by atoms with Crippen molar-refractivity contribution in [2.45, 2.75) is 20.3 Å². The van der Waals surface area contributed by atoms with Gasteiger partial charge in [-0.05, 0) is 42.7 Å². The maximum Gasteiger partial charge on any atom is 0.150 e. The van der Waals surface area contributed by atoms with Gasteiger partial charge in [-0.25, -0.2) is 9.97 Å². The van der Waals surface area contributed by atoms with E-state index >= 15 is 0 Å². The second kappa shape index (κ2) is 11.8. The minimum Gasteiger partial charge on any atom is -0.383 e. The number of nitrogens with one attached hydrogen (secondary N) is 1. The molecule has 0 amide bonds. The number of hydrogen-bond donors (Lipinski definition) is 3. The normalized spacial score (nSPS) is 10.4. The average Bonchev–Trinajstić information content (AvgIpc) is 2.83. The smallest absolute Gasteiger partial charge is 0.150 e. The summed E-state index contributed by atoms with van der Waals surface area (Å²) in [4.78, 5) is 20.7. The number of nitrogen functional groups attached to an aromatic ring is 2. The molecule has 3 rings (SSSR count). The Kier molecular flexibility index (Phi) is 8.83. The molecule has 0 aliphatic carbocycles. The van der Waals surface area contributed by atoms with E-state index in [1.165, 1.54) is 12.0 Å². The first-order valence-corrected chi connectivity index (χ1v) is 10.2. The van der Waals surface area contributed by atoms with Crippen LogP contribution in [0.3, 0.4) is 0 Å². The van der Waals surface area contributed by atoms with Gasteiger partial charge in [0.05, 0.1) is 5.56 Å². The van der Waals surface area contributed by atoms with E-state index in [0.717, 1.165) is 35.1 Å². The van der Waals surface area contributed by atoms with Gasteiger partial charge >= 0.3 is 0 Å². The number of para-hydroxylation sites is 1. The summed E-state index contributed by atoms with van der Waals surface area (Å²) in [6.07, 6.45) is 5.12. The zero-order valence-electron chi connectivity index (χ0n) is 18.9. The molecule has 168 valence electrons. The molecule has 1 heterocycles. The van der Waals surface area contributed by atoms with Crippen molar-refractivity contribution in [2.75, 3.05) is 23.4 Å². The lowest BCUT2D eigenvalue weighted by Crippen LogP contribution is -2.15. The van der Waals surface area contributed by atoms with E-state index in [9.17, 15) is 4.79 Å². The third-order valence-electron chi connectivity index (χ3n) is 5.00. The van der Waals surface area contributed by atoms with E-state index in [-0.39, 0.29) is 22.9 Å². The van der Waals surface area contributed by atoms with Gasteiger partial charge in [-0.3, -0.25) is 10.2 Å². The van der Waals surface area contributed by atoms with Crippen LogP contribution in [0, 0.1) is 23.7 Å². The lowest BCUT2D eigenvalue weighted by atomic mass is 10.0. The highest BCUT2D eigenvalue weighted by atomic mass is 16.1. The summed E-state index contributed by atoms with van der Waals surface area (Å²) in [6, 6.07) is 17.8. The molecule has 0 aliphatic heterocycles. The predicted molar refractivity (Wildman–Crippen MR) is 133 cm³/mol. The zero-order chi connectivity index (χ0) is 24.4. The molecule has 8 nitrogen and oxygen atoms in total. The van der Waals surface area contributed by atoms with Gasteiger partial charge in [0.1, 0.15) is 29.7 Å². The molecule has 0 atom stereocenters. The number of aldehydes is 1. The first kappa shape index (κ1) is 24.8. The Hall–Kier alpha value is -4.51. The molecule has 0 spiro atoms. The average molecular weight is 442 g/mol. The second-order valence-electron chi connectivity index (χ2n) is 7.09. The number of carbonyl (C=O) groups is 1. The molecule has 5 N–H and O–H groups in total. The Morgan fingerprint density at radius 3 is 2.30 bits per heavy atom. The third kappa shape index (κ3) is 6.24. The van der Waals surface area contributed by atoms with Crippen molar-refractivity contribution in [3.05, 3.63) is 82.8 Å². The summed E-state index contributed by atoms with van der Waals surface area (Å²) in [5.74, 6) is 0.100. The fraction of sp³-hybridized carbons (Fsp3) is 0.160. The highest BCUT2D eigenvalue weighted by Gasteiger charge is 2.11. The fourth-order valence-electron chi connectivity index (χ4n) is 3.15. The number of rotatable bonds is 6. The van der Waals surface area contributed by atoms with Crippen LogP contribution in [-0.4, -0.2) is 29.0 Å². The van der Waals surface area contributed by atoms with Crippen molar-refractivity contribution >= 4 is 35.4 Å². The van der Waals surface area contributed by atoms with Gasteiger partial charge in [-0.1, -0.05) is 43.3 Å². The minimum atomic E-state index is -0.328. The summed E-state index contributed by atoms with van der Waals surface area (Å²) < 4.78 is 0. The van der Waals surface area contributed by atoms with Gasteiger partial charge in [-0.2, -0.15) is 5.26 Å². The Morgan fingerprint density at radius 2 is 1.76 bits per heavy atom. The van der Waals surface area contributed by atoms with Crippen LogP contribution in [0.15, 0.2) is 60.6 Å². The van der Waals surface area contributed by atoms with Crippen molar-refractivity contribution in [3.8, 4) is 6.07 Å². The van der Waals surface area contributed by atoms with Gasteiger partial charge in [0, 0.05) is 24.0 Å². The van der Waals surface area contributed by atoms with Crippen LogP contribution < -0.4 is 16.4 Å². The Labute approximate surface area is 193 Å². The maximum absolute atomic E-state index is 11.3. The molecule has 2 aromatic carbocycles. The number of aromatic nitrogens is 2. The van der Waals surface area contributed by atoms with E-state index in [4.69, 9.17) is 22.1 Å². The summed E-state index contributed by atoms with van der Waals surface area (Å²) >= 11 is 0. The molecule has 0 saturated carbocycles. The van der Waals surface area contributed by atoms with Crippen molar-refractivity contribution in [2.24, 2.45) is 0 Å². The molecular formula is C25H27N7O. The van der Waals surface area contributed by atoms with Crippen LogP contribution in [0.5, 0.6) is 0 Å².